The van der Waals surface area contributed by atoms with Crippen LogP contribution in [-0.4, -0.2) is 11.1 Å². The van der Waals surface area contributed by atoms with Gasteiger partial charge in [-0.25, -0.2) is 4.79 Å². The normalized spacial score (nSPS) is 17.0. The second-order valence-electron chi connectivity index (χ2n) is 5.06. The van der Waals surface area contributed by atoms with Crippen LogP contribution >= 0.6 is 0 Å². The summed E-state index contributed by atoms with van der Waals surface area (Å²) in [6.07, 6.45) is -4.17. The molecule has 0 bridgehead atoms. The number of carboxylic acid groups (broad SMARTS) is 1. The number of rotatable bonds is 2. The van der Waals surface area contributed by atoms with E-state index < -0.39 is 23.8 Å². The zero-order valence-electron chi connectivity index (χ0n) is 11.7. The molecule has 23 heavy (non-hydrogen) atoms. The molecule has 1 aliphatic heterocycles. The van der Waals surface area contributed by atoms with Crippen LogP contribution < -0.4 is 4.74 Å². The molecule has 3 nitrogen and oxygen atoms in total. The summed E-state index contributed by atoms with van der Waals surface area (Å²) < 4.78 is 44.2. The van der Waals surface area contributed by atoms with E-state index in [2.05, 4.69) is 0 Å². The zero-order valence-corrected chi connectivity index (χ0v) is 11.7. The third kappa shape index (κ3) is 2.92. The number of alkyl halides is 3. The molecule has 0 aliphatic carbocycles. The average Bonchev–Trinajstić information content (AvgIpc) is 2.53. The Labute approximate surface area is 129 Å². The van der Waals surface area contributed by atoms with E-state index in [9.17, 15) is 23.1 Å². The van der Waals surface area contributed by atoms with Crippen LogP contribution in [0.4, 0.5) is 13.2 Å². The van der Waals surface area contributed by atoms with Crippen molar-refractivity contribution in [3.8, 4) is 5.75 Å². The van der Waals surface area contributed by atoms with Crippen LogP contribution in [0.15, 0.2) is 54.1 Å². The third-order valence-electron chi connectivity index (χ3n) is 3.52. The van der Waals surface area contributed by atoms with Gasteiger partial charge in [0.2, 0.25) is 0 Å². The number of benzene rings is 2. The van der Waals surface area contributed by atoms with E-state index in [0.29, 0.717) is 11.3 Å². The molecule has 1 unspecified atom stereocenters. The molecule has 2 aromatic carbocycles. The second-order valence-corrected chi connectivity index (χ2v) is 5.06. The summed E-state index contributed by atoms with van der Waals surface area (Å²) in [5.41, 5.74) is -0.235. The molecule has 2 aromatic rings. The Morgan fingerprint density at radius 2 is 1.83 bits per heavy atom. The van der Waals surface area contributed by atoms with Crippen molar-refractivity contribution < 1.29 is 27.8 Å². The molecule has 0 saturated carbocycles. The molecule has 0 amide bonds. The molecule has 0 radical (unpaired) electrons. The molecule has 0 fully saturated rings. The summed E-state index contributed by atoms with van der Waals surface area (Å²) in [5, 5.41) is 9.35. The molecule has 0 saturated heterocycles. The van der Waals surface area contributed by atoms with Crippen molar-refractivity contribution in [2.75, 3.05) is 0 Å². The van der Waals surface area contributed by atoms with Gasteiger partial charge in [-0.2, -0.15) is 13.2 Å². The molecule has 6 heteroatoms. The van der Waals surface area contributed by atoms with Crippen LogP contribution in [0.25, 0.3) is 6.08 Å². The van der Waals surface area contributed by atoms with Gasteiger partial charge in [0.05, 0.1) is 11.1 Å². The van der Waals surface area contributed by atoms with Gasteiger partial charge in [-0.15, -0.1) is 0 Å². The number of halogens is 3. The first-order valence-corrected chi connectivity index (χ1v) is 6.74. The first kappa shape index (κ1) is 15.1. The van der Waals surface area contributed by atoms with Crippen LogP contribution in [0.2, 0.25) is 0 Å². The minimum Gasteiger partial charge on any atom is -0.480 e. The number of hydrogen-bond acceptors (Lipinski definition) is 2. The van der Waals surface area contributed by atoms with Crippen molar-refractivity contribution in [3.63, 3.8) is 0 Å². The first-order valence-electron chi connectivity index (χ1n) is 6.74. The van der Waals surface area contributed by atoms with Gasteiger partial charge in [0, 0.05) is 5.56 Å². The number of ether oxygens (including phenoxy) is 1. The maximum atomic E-state index is 12.9. The number of aliphatic carboxylic acids is 1. The van der Waals surface area contributed by atoms with Crippen molar-refractivity contribution in [2.24, 2.45) is 0 Å². The van der Waals surface area contributed by atoms with Crippen molar-refractivity contribution >= 4 is 12.0 Å². The van der Waals surface area contributed by atoms with Crippen LogP contribution in [0.3, 0.4) is 0 Å². The van der Waals surface area contributed by atoms with Crippen molar-refractivity contribution in [1.29, 1.82) is 0 Å². The number of para-hydroxylation sites is 1. The maximum absolute atomic E-state index is 12.9. The van der Waals surface area contributed by atoms with Gasteiger partial charge in [0.15, 0.2) is 6.10 Å². The number of carboxylic acids is 1. The fourth-order valence-corrected chi connectivity index (χ4v) is 2.44. The van der Waals surface area contributed by atoms with Gasteiger partial charge in [-0.3, -0.25) is 0 Å². The third-order valence-corrected chi connectivity index (χ3v) is 3.52. The summed E-state index contributed by atoms with van der Waals surface area (Å²) in [6, 6.07) is 11.3. The van der Waals surface area contributed by atoms with Crippen LogP contribution in [0, 0.1) is 0 Å². The number of fused-ring (bicyclic) bond motifs is 1. The predicted octanol–water partition coefficient (Wildman–Crippen LogP) is 4.31. The highest BCUT2D eigenvalue weighted by atomic mass is 19.4. The van der Waals surface area contributed by atoms with E-state index in [4.69, 9.17) is 4.74 Å². The molecule has 118 valence electrons. The van der Waals surface area contributed by atoms with Crippen LogP contribution in [-0.2, 0) is 11.0 Å². The molecule has 1 atom stereocenters. The van der Waals surface area contributed by atoms with Gasteiger partial charge < -0.3 is 9.84 Å². The highest BCUT2D eigenvalue weighted by Gasteiger charge is 2.33. The Morgan fingerprint density at radius 1 is 1.09 bits per heavy atom. The number of hydrogen-bond donors (Lipinski definition) is 1. The lowest BCUT2D eigenvalue weighted by Crippen LogP contribution is -2.20. The summed E-state index contributed by atoms with van der Waals surface area (Å²) in [4.78, 5) is 11.5. The highest BCUT2D eigenvalue weighted by Crippen LogP contribution is 2.39. The molecule has 1 heterocycles. The van der Waals surface area contributed by atoms with Crippen molar-refractivity contribution in [2.45, 2.75) is 12.3 Å². The minimum absolute atomic E-state index is 0.108. The molecule has 3 rings (SSSR count). The van der Waals surface area contributed by atoms with Gasteiger partial charge in [0.1, 0.15) is 5.75 Å². The molecule has 0 spiro atoms. The lowest BCUT2D eigenvalue weighted by Gasteiger charge is -2.26. The van der Waals surface area contributed by atoms with Crippen molar-refractivity contribution in [3.05, 3.63) is 70.8 Å². The van der Waals surface area contributed by atoms with E-state index in [0.717, 1.165) is 12.1 Å². The standard InChI is InChI=1S/C17H11F3O3/c18-17(19,20)12-6-3-5-11(8-12)15-13(16(21)22)9-10-4-1-2-7-14(10)23-15/h1-9,15H,(H,21,22). The van der Waals surface area contributed by atoms with Crippen LogP contribution in [0.5, 0.6) is 5.75 Å². The lowest BCUT2D eigenvalue weighted by molar-refractivity contribution is -0.137. The van der Waals surface area contributed by atoms with Gasteiger partial charge >= 0.3 is 12.1 Å². The van der Waals surface area contributed by atoms with Gasteiger partial charge in [0.25, 0.3) is 0 Å². The highest BCUT2D eigenvalue weighted by molar-refractivity contribution is 5.95. The Balaban J connectivity index is 2.08. The Kier molecular flexibility index (Phi) is 3.60. The maximum Gasteiger partial charge on any atom is 0.416 e. The summed E-state index contributed by atoms with van der Waals surface area (Å²) in [7, 11) is 0. The molecular formula is C17H11F3O3. The van der Waals surface area contributed by atoms with E-state index in [1.54, 1.807) is 24.3 Å². The fraction of sp³-hybridized carbons (Fsp3) is 0.118. The van der Waals surface area contributed by atoms with E-state index in [-0.39, 0.29) is 11.1 Å². The Bertz CT molecular complexity index is 794. The molecule has 1 aliphatic rings. The predicted molar refractivity (Wildman–Crippen MR) is 76.9 cm³/mol. The summed E-state index contributed by atoms with van der Waals surface area (Å²) in [5.74, 6) is -0.804. The monoisotopic (exact) mass is 320 g/mol. The topological polar surface area (TPSA) is 46.5 Å². The lowest BCUT2D eigenvalue weighted by atomic mass is 9.95. The largest absolute Gasteiger partial charge is 0.480 e. The second kappa shape index (κ2) is 5.46. The molecule has 0 aromatic heterocycles. The van der Waals surface area contributed by atoms with Crippen LogP contribution in [0.1, 0.15) is 22.8 Å². The quantitative estimate of drug-likeness (QED) is 0.897. The SMILES string of the molecule is O=C(O)C1=Cc2ccccc2OC1c1cccc(C(F)(F)F)c1. The van der Waals surface area contributed by atoms with Crippen molar-refractivity contribution in [1.82, 2.24) is 0 Å². The van der Waals surface area contributed by atoms with E-state index >= 15 is 0 Å². The van der Waals surface area contributed by atoms with Gasteiger partial charge in [-0.05, 0) is 29.8 Å². The smallest absolute Gasteiger partial charge is 0.416 e. The zero-order chi connectivity index (χ0) is 16.6. The molecule has 1 N–H and O–H groups in total. The minimum atomic E-state index is -4.50. The molecular weight excluding hydrogens is 309 g/mol. The number of carbonyl (C=O) groups is 1. The average molecular weight is 320 g/mol. The Morgan fingerprint density at radius 3 is 2.52 bits per heavy atom. The summed E-state index contributed by atoms with van der Waals surface area (Å²) >= 11 is 0. The van der Waals surface area contributed by atoms with E-state index in [1.807, 2.05) is 0 Å². The Hall–Kier alpha value is -2.76. The summed E-state index contributed by atoms with van der Waals surface area (Å²) in [6.45, 7) is 0. The fourth-order valence-electron chi connectivity index (χ4n) is 2.44. The van der Waals surface area contributed by atoms with Gasteiger partial charge in [-0.1, -0.05) is 30.3 Å². The first-order chi connectivity index (χ1) is 10.9. The van der Waals surface area contributed by atoms with E-state index in [1.165, 1.54) is 18.2 Å².